The summed E-state index contributed by atoms with van der Waals surface area (Å²) in [6.07, 6.45) is 35.8. The van der Waals surface area contributed by atoms with E-state index in [0.29, 0.717) is 4.87 Å². The number of allylic oxidation sites excluding steroid dienone is 10. The number of aliphatic imine (C=N–C) groups is 1. The van der Waals surface area contributed by atoms with Crippen molar-refractivity contribution in [3.63, 3.8) is 0 Å². The van der Waals surface area contributed by atoms with Crippen molar-refractivity contribution in [3.8, 4) is 29.0 Å². The minimum Gasteiger partial charge on any atom is -0.469 e. The number of ether oxygens (including phenoxy) is 1. The molecule has 2 N–H and O–H groups in total. The molecule has 109 heavy (non-hydrogen) atoms. The molecule has 3 aromatic carbocycles. The maximum Gasteiger partial charge on any atom is 0.302 e. The Bertz CT molecular complexity index is 2490. The van der Waals surface area contributed by atoms with Gasteiger partial charge in [0.15, 0.2) is 19.0 Å². The summed E-state index contributed by atoms with van der Waals surface area (Å²) in [7, 11) is 10.9. The number of nitrogens with zero attached hydrogens (tertiary/aromatic N) is 6. The molecule has 0 saturated heterocycles. The van der Waals surface area contributed by atoms with Gasteiger partial charge in [-0.25, -0.2) is 0 Å². The third-order valence-electron chi connectivity index (χ3n) is 15.5. The molecule has 4 fully saturated rings. The normalized spacial score (nSPS) is 16.1. The molecule has 636 valence electrons. The van der Waals surface area contributed by atoms with Gasteiger partial charge in [0.05, 0.1) is 25.1 Å². The molecule has 0 aromatic heterocycles. The molecule has 4 saturated carbocycles. The highest BCUT2D eigenvalue weighted by Gasteiger charge is 2.43. The number of azo groups is 1. The lowest BCUT2D eigenvalue weighted by molar-refractivity contribution is -0.751. The number of hydrogen-bond acceptors (Lipinski definition) is 9. The number of methoxy groups -OCH3 is 1. The van der Waals surface area contributed by atoms with Gasteiger partial charge in [0, 0.05) is 40.6 Å². The number of benzene rings is 3. The number of nitriles is 1. The molecule has 5 aliphatic carbocycles. The van der Waals surface area contributed by atoms with Gasteiger partial charge in [-0.05, 0) is 232 Å². The van der Waals surface area contributed by atoms with E-state index < -0.39 is 0 Å². The van der Waals surface area contributed by atoms with Crippen LogP contribution < -0.4 is 5.43 Å². The first kappa shape index (κ1) is 137. The van der Waals surface area contributed by atoms with Crippen molar-refractivity contribution in [1.29, 1.82) is 5.26 Å². The average molecular weight is 1530 g/mol. The van der Waals surface area contributed by atoms with Crippen molar-refractivity contribution >= 4 is 24.2 Å². The minimum atomic E-state index is -0.245. The van der Waals surface area contributed by atoms with Crippen LogP contribution in [0.4, 0.5) is 0 Å². The fourth-order valence-corrected chi connectivity index (χ4v) is 7.51. The number of nitroso groups, excluding NO2 is 1. The molecule has 0 aliphatic heterocycles. The van der Waals surface area contributed by atoms with Crippen LogP contribution >= 0.6 is 0 Å². The third-order valence-corrected chi connectivity index (χ3v) is 15.5. The summed E-state index contributed by atoms with van der Waals surface area (Å²) >= 11 is 0. The van der Waals surface area contributed by atoms with Crippen LogP contribution in [0.1, 0.15) is 335 Å². The molecule has 1 unspecified atom stereocenters. The Morgan fingerprint density at radius 2 is 0.807 bits per heavy atom. The Hall–Kier alpha value is -7.31. The summed E-state index contributed by atoms with van der Waals surface area (Å²) in [5, 5.41) is 22.9. The van der Waals surface area contributed by atoms with Gasteiger partial charge in [-0.1, -0.05) is 293 Å². The van der Waals surface area contributed by atoms with Gasteiger partial charge >= 0.3 is 5.97 Å². The lowest BCUT2D eigenvalue weighted by atomic mass is 9.55. The molecule has 8 rings (SSSR count). The van der Waals surface area contributed by atoms with Gasteiger partial charge in [0.25, 0.3) is 0 Å². The second-order valence-electron chi connectivity index (χ2n) is 25.2. The van der Waals surface area contributed by atoms with E-state index in [-0.39, 0.29) is 19.2 Å². The zero-order valence-corrected chi connectivity index (χ0v) is 79.3. The quantitative estimate of drug-likeness (QED) is 0.0252. The number of fused-ring (bicyclic) bond motifs is 3. The maximum absolute atomic E-state index is 9.96. The topological polar surface area (TPSA) is 160 Å². The molecule has 12 nitrogen and oxygen atoms in total. The van der Waals surface area contributed by atoms with Crippen LogP contribution in [-0.2, 0) is 14.3 Å². The smallest absolute Gasteiger partial charge is 0.302 e. The van der Waals surface area contributed by atoms with E-state index in [2.05, 4.69) is 205 Å². The highest BCUT2D eigenvalue weighted by Crippen LogP contribution is 2.56. The van der Waals surface area contributed by atoms with E-state index >= 15 is 0 Å². The van der Waals surface area contributed by atoms with Gasteiger partial charge in [-0.2, -0.15) is 20.9 Å². The number of carbonyl (C=O) groups excluding carboxylic acids is 2. The fourth-order valence-electron chi connectivity index (χ4n) is 7.51. The molecular formula is C97H185N7O5+2. The van der Waals surface area contributed by atoms with E-state index in [9.17, 15) is 14.5 Å². The van der Waals surface area contributed by atoms with E-state index in [1.165, 1.54) is 157 Å². The lowest BCUT2D eigenvalue weighted by Gasteiger charge is -2.50. The van der Waals surface area contributed by atoms with Crippen LogP contribution in [0.15, 0.2) is 147 Å². The number of hydroxylamine groups is 1. The van der Waals surface area contributed by atoms with Gasteiger partial charge in [-0.15, -0.1) is 11.8 Å². The van der Waals surface area contributed by atoms with Crippen LogP contribution in [0.3, 0.4) is 0 Å². The first-order chi connectivity index (χ1) is 51.1. The summed E-state index contributed by atoms with van der Waals surface area (Å²) in [6.45, 7) is 72.5. The molecule has 12 heteroatoms. The molecule has 3 aromatic rings. The van der Waals surface area contributed by atoms with E-state index in [1.54, 1.807) is 79.2 Å². The molecule has 0 radical (unpaired) electrons. The molecule has 1 atom stereocenters. The van der Waals surface area contributed by atoms with Crippen LogP contribution in [0, 0.1) is 84.4 Å². The maximum atomic E-state index is 9.96. The number of esters is 1. The highest BCUT2D eigenvalue weighted by atomic mass is 16.5. The number of nitrogens with one attached hydrogen (secondary N) is 1. The van der Waals surface area contributed by atoms with Gasteiger partial charge in [0.2, 0.25) is 7.05 Å². The molecule has 0 spiro atoms. The second-order valence-corrected chi connectivity index (χ2v) is 25.2. The average Bonchev–Trinajstić information content (AvgIpc) is 0.788. The van der Waals surface area contributed by atoms with Gasteiger partial charge < -0.3 is 9.73 Å². The minimum absolute atomic E-state index is 0. The predicted octanol–water partition coefficient (Wildman–Crippen LogP) is 30.5. The first-order valence-electron chi connectivity index (χ1n) is 40.4. The molecule has 0 heterocycles. The van der Waals surface area contributed by atoms with Crippen LogP contribution in [0.25, 0.3) is 11.1 Å². The Labute approximate surface area is 681 Å². The molecular weight excluding hydrogens is 1340 g/mol. The third kappa shape index (κ3) is 130. The first-order valence-corrected chi connectivity index (χ1v) is 40.4. The Morgan fingerprint density at radius 3 is 0.917 bits per heavy atom. The van der Waals surface area contributed by atoms with Gasteiger partial charge in [0.1, 0.15) is 4.87 Å². The van der Waals surface area contributed by atoms with Crippen LogP contribution in [0.2, 0.25) is 0 Å². The van der Waals surface area contributed by atoms with Crippen molar-refractivity contribution in [1.82, 2.24) is 5.43 Å². The Kier molecular flexibility index (Phi) is 140. The van der Waals surface area contributed by atoms with Crippen molar-refractivity contribution in [2.45, 2.75) is 340 Å². The van der Waals surface area contributed by atoms with Crippen molar-refractivity contribution < 1.29 is 29.1 Å². The highest BCUT2D eigenvalue weighted by molar-refractivity contribution is 5.87. The monoisotopic (exact) mass is 1530 g/mol. The van der Waals surface area contributed by atoms with Crippen LogP contribution in [-0.4, -0.2) is 88.4 Å². The van der Waals surface area contributed by atoms with E-state index in [4.69, 9.17) is 10.5 Å². The molecule has 2 bridgehead atoms. The number of carbonyl (C=O) groups is 2. The number of rotatable bonds is 3. The number of ketones is 1. The summed E-state index contributed by atoms with van der Waals surface area (Å²) in [6, 6.07) is 27.7. The van der Waals surface area contributed by atoms with E-state index in [0.717, 1.165) is 38.9 Å². The second kappa shape index (κ2) is 112. The summed E-state index contributed by atoms with van der Waals surface area (Å²) < 4.78 is 5.11. The van der Waals surface area contributed by atoms with Crippen molar-refractivity contribution in [2.75, 3.05) is 49.4 Å². The number of hydrogen-bond donors (Lipinski definition) is 2. The van der Waals surface area contributed by atoms with Crippen molar-refractivity contribution in [2.24, 2.45) is 43.8 Å². The number of aryl methyl sites for hydroxylation is 4. The zero-order valence-electron chi connectivity index (χ0n) is 79.3. The lowest BCUT2D eigenvalue weighted by Crippen LogP contribution is -2.37. The molecule has 0 amide bonds. The largest absolute Gasteiger partial charge is 0.469 e. The van der Waals surface area contributed by atoms with Crippen LogP contribution in [0.5, 0.6) is 0 Å². The van der Waals surface area contributed by atoms with Crippen molar-refractivity contribution in [3.05, 3.63) is 159 Å². The SMILES string of the molecule is C.CC.CC.CC.CC.CC.CC.CC#CC.CC12CCC(C)(CC1)CC2.CC1=CCC(C)CC1.CC1CCC(C)CC1.CC=C(C)C.CC=C(C)C#N.CC=CC.CC=CC(C)=O.CC=NC.CC=[N+](C)O.CN=NC.CN[N+](C)=O.COC(C)=O.Cc1ccc(-c2ccc(C)cc2)cc1.Cc1ccc(C)cc1. The zero-order chi connectivity index (χ0) is 87.9. The summed E-state index contributed by atoms with van der Waals surface area (Å²) in [4.78, 5) is 33.4. The standard InChI is InChI=1S/C14H14.C10H18.C8H16.C8H14.C8H10.C5H7N.C5H8O.C5H10.C4H8.C4H6.C3H8NO.C3H7N.C3H6O2.C2H7N2O.C2H6N2.6C2H6.CH4/c1-11-3-7-13(8-4-11)14-9-5-12(2)6-10-14;1-9-3-6-10(2,7-4-9)8-5-9;3*1-7-3-5-8(2)6-4-7;1-3-5(2)4-6;1-3-4-5(2)6;1-4-5(2)3;2*1-3-4-2;1-3-4(2)5;1-3-4-2;1-3(4)5-2;1-3-4(2)5;1-3-4-2;6*1-2;/h3-10H,1-2H3;3-8H2,1-2H3;7-8H,3-6H2,1-2H3;3,8H,4-6H2,1-2H3;3-6H,1-2H3;3H,1-2H3;3-4H,1-2H3;4H,1-3H3;3-4H,1-2H3;1-2H3;3,5H,1-2H3;3H,1-2H3;1-2H3;1-2H3,(H,3,5);1-2H3;6*1-2H3;1H4/q;;;;;;;;;;+1;;;+1;;;;;;;;. The number of hydrazine groups is 1. The molecule has 5 aliphatic rings. The van der Waals surface area contributed by atoms with E-state index in [1.807, 2.05) is 157 Å². The fraction of sp³-hybridized carbons (Fsp3) is 0.639. The summed E-state index contributed by atoms with van der Waals surface area (Å²) in [5.74, 6) is 8.21. The predicted molar refractivity (Wildman–Crippen MR) is 498 cm³/mol. The Morgan fingerprint density at radius 1 is 0.550 bits per heavy atom. The summed E-state index contributed by atoms with van der Waals surface area (Å²) in [5.41, 5.74) is 15.4. The Balaban J connectivity index is -0.0000000671. The van der Waals surface area contributed by atoms with Gasteiger partial charge in [-0.3, -0.25) is 14.8 Å².